The highest BCUT2D eigenvalue weighted by molar-refractivity contribution is 5.94. The highest BCUT2D eigenvalue weighted by atomic mass is 19.4. The number of nitrogens with zero attached hydrogens (tertiary/aromatic N) is 1. The van der Waals surface area contributed by atoms with Gasteiger partial charge in [0.05, 0.1) is 18.2 Å². The second-order valence-corrected chi connectivity index (χ2v) is 6.08. The van der Waals surface area contributed by atoms with Crippen LogP contribution in [0.3, 0.4) is 0 Å². The summed E-state index contributed by atoms with van der Waals surface area (Å²) in [6.45, 7) is 2.21. The van der Waals surface area contributed by atoms with Gasteiger partial charge >= 0.3 is 11.8 Å². The Morgan fingerprint density at radius 1 is 1.27 bits per heavy atom. The first-order valence-corrected chi connectivity index (χ1v) is 7.97. The summed E-state index contributed by atoms with van der Waals surface area (Å²) in [6, 6.07) is 7.13. The van der Waals surface area contributed by atoms with Gasteiger partial charge < -0.3 is 14.1 Å². The van der Waals surface area contributed by atoms with Crippen molar-refractivity contribution in [3.05, 3.63) is 63.7 Å². The second kappa shape index (κ2) is 6.86. The molecule has 1 fully saturated rings. The maximum absolute atomic E-state index is 12.8. The smallest absolute Gasteiger partial charge is 0.416 e. The van der Waals surface area contributed by atoms with Gasteiger partial charge in [-0.1, -0.05) is 6.07 Å². The van der Waals surface area contributed by atoms with Crippen LogP contribution in [0.1, 0.15) is 28.1 Å². The minimum absolute atomic E-state index is 0.0170. The Kier molecular flexibility index (Phi) is 4.76. The van der Waals surface area contributed by atoms with E-state index in [1.165, 1.54) is 23.1 Å². The molecule has 1 aliphatic rings. The molecule has 0 spiro atoms. The normalized spacial score (nSPS) is 17.4. The Hall–Kier alpha value is -2.77. The van der Waals surface area contributed by atoms with Crippen molar-refractivity contribution < 1.29 is 27.1 Å². The fourth-order valence-corrected chi connectivity index (χ4v) is 2.86. The molecule has 1 amide bonds. The number of carbonyl (C=O) groups excluding carboxylic acids is 1. The largest absolute Gasteiger partial charge is 0.488 e. The molecule has 1 atom stereocenters. The van der Waals surface area contributed by atoms with Crippen molar-refractivity contribution in [3.63, 3.8) is 0 Å². The monoisotopic (exact) mass is 367 g/mol. The van der Waals surface area contributed by atoms with Crippen molar-refractivity contribution in [1.29, 1.82) is 0 Å². The molecular weight excluding hydrogens is 351 g/mol. The van der Waals surface area contributed by atoms with E-state index in [1.807, 2.05) is 0 Å². The van der Waals surface area contributed by atoms with Crippen LogP contribution in [0.25, 0.3) is 0 Å². The van der Waals surface area contributed by atoms with Gasteiger partial charge in [-0.25, -0.2) is 4.79 Å². The highest BCUT2D eigenvalue weighted by Crippen LogP contribution is 2.30. The number of rotatable bonds is 3. The van der Waals surface area contributed by atoms with Crippen LogP contribution >= 0.6 is 0 Å². The lowest BCUT2D eigenvalue weighted by atomic mass is 10.1. The number of carbonyl (C=O) groups is 1. The molecule has 1 unspecified atom stereocenters. The van der Waals surface area contributed by atoms with Crippen LogP contribution < -0.4 is 10.4 Å². The van der Waals surface area contributed by atoms with Gasteiger partial charge in [0.1, 0.15) is 17.6 Å². The molecule has 0 N–H and O–H groups in total. The molecule has 5 nitrogen and oxygen atoms in total. The summed E-state index contributed by atoms with van der Waals surface area (Å²) in [6.07, 6.45) is -4.32. The van der Waals surface area contributed by atoms with Gasteiger partial charge in [0.25, 0.3) is 5.91 Å². The Balaban J connectivity index is 1.68. The van der Waals surface area contributed by atoms with Crippen molar-refractivity contribution in [1.82, 2.24) is 4.90 Å². The number of amides is 1. The summed E-state index contributed by atoms with van der Waals surface area (Å²) in [4.78, 5) is 25.3. The number of hydrogen-bond donors (Lipinski definition) is 0. The number of halogens is 3. The first-order chi connectivity index (χ1) is 12.2. The lowest BCUT2D eigenvalue weighted by molar-refractivity contribution is -0.137. The summed E-state index contributed by atoms with van der Waals surface area (Å²) in [5, 5.41) is 0. The number of hydrogen-bond acceptors (Lipinski definition) is 4. The third-order valence-corrected chi connectivity index (χ3v) is 4.04. The van der Waals surface area contributed by atoms with Gasteiger partial charge in [-0.05, 0) is 25.1 Å². The van der Waals surface area contributed by atoms with Crippen molar-refractivity contribution in [2.24, 2.45) is 0 Å². The maximum atomic E-state index is 12.8. The van der Waals surface area contributed by atoms with Crippen LogP contribution in [0.4, 0.5) is 13.2 Å². The minimum atomic E-state index is -4.50. The molecule has 8 heteroatoms. The molecule has 0 saturated carbocycles. The van der Waals surface area contributed by atoms with Crippen LogP contribution in [-0.2, 0) is 6.18 Å². The van der Waals surface area contributed by atoms with Crippen molar-refractivity contribution in [3.8, 4) is 5.75 Å². The lowest BCUT2D eigenvalue weighted by Crippen LogP contribution is -2.31. The van der Waals surface area contributed by atoms with E-state index in [0.717, 1.165) is 12.1 Å². The van der Waals surface area contributed by atoms with Gasteiger partial charge in [-0.3, -0.25) is 4.79 Å². The number of benzene rings is 1. The highest BCUT2D eigenvalue weighted by Gasteiger charge is 2.33. The van der Waals surface area contributed by atoms with Gasteiger partial charge in [0.15, 0.2) is 0 Å². The van der Waals surface area contributed by atoms with E-state index >= 15 is 0 Å². The summed E-state index contributed by atoms with van der Waals surface area (Å²) in [5.74, 6) is 0.269. The Bertz CT molecular complexity index is 875. The summed E-state index contributed by atoms with van der Waals surface area (Å²) in [7, 11) is 0. The number of alkyl halides is 3. The standard InChI is InChI=1S/C18H16F3NO4/c1-11-7-15(9-16(23)25-11)26-14-5-6-22(10-14)17(24)12-3-2-4-13(8-12)18(19,20)21/h2-4,7-9,14H,5-6,10H2,1H3. The maximum Gasteiger partial charge on any atom is 0.416 e. The zero-order chi connectivity index (χ0) is 18.9. The molecule has 3 rings (SSSR count). The minimum Gasteiger partial charge on any atom is -0.488 e. The second-order valence-electron chi connectivity index (χ2n) is 6.08. The van der Waals surface area contributed by atoms with Crippen LogP contribution in [-0.4, -0.2) is 30.0 Å². The van der Waals surface area contributed by atoms with E-state index in [-0.39, 0.29) is 18.2 Å². The SMILES string of the molecule is Cc1cc(OC2CCN(C(=O)c3cccc(C(F)(F)F)c3)C2)cc(=O)o1. The lowest BCUT2D eigenvalue weighted by Gasteiger charge is -2.18. The van der Waals surface area contributed by atoms with Gasteiger partial charge in [-0.2, -0.15) is 13.2 Å². The zero-order valence-corrected chi connectivity index (χ0v) is 13.9. The molecule has 138 valence electrons. The summed E-state index contributed by atoms with van der Waals surface area (Å²) < 4.78 is 48.9. The fraction of sp³-hybridized carbons (Fsp3) is 0.333. The zero-order valence-electron chi connectivity index (χ0n) is 13.9. The van der Waals surface area contributed by atoms with E-state index in [0.29, 0.717) is 24.5 Å². The molecule has 0 bridgehead atoms. The Labute approximate surface area is 147 Å². The van der Waals surface area contributed by atoms with Gasteiger partial charge in [-0.15, -0.1) is 0 Å². The van der Waals surface area contributed by atoms with E-state index in [4.69, 9.17) is 9.15 Å². The van der Waals surface area contributed by atoms with Crippen LogP contribution in [0.5, 0.6) is 5.75 Å². The molecule has 1 saturated heterocycles. The van der Waals surface area contributed by atoms with Crippen molar-refractivity contribution in [2.45, 2.75) is 25.6 Å². The topological polar surface area (TPSA) is 59.8 Å². The molecule has 2 heterocycles. The summed E-state index contributed by atoms with van der Waals surface area (Å²) >= 11 is 0. The Morgan fingerprint density at radius 3 is 2.73 bits per heavy atom. The third-order valence-electron chi connectivity index (χ3n) is 4.04. The summed E-state index contributed by atoms with van der Waals surface area (Å²) in [5.41, 5.74) is -1.41. The van der Waals surface area contributed by atoms with Gasteiger partial charge in [0, 0.05) is 24.6 Å². The molecule has 0 aliphatic carbocycles. The first kappa shape index (κ1) is 18.0. The molecule has 0 radical (unpaired) electrons. The van der Waals surface area contributed by atoms with Gasteiger partial charge in [0.2, 0.25) is 0 Å². The van der Waals surface area contributed by atoms with Crippen LogP contribution in [0, 0.1) is 6.92 Å². The predicted molar refractivity (Wildman–Crippen MR) is 86.1 cm³/mol. The van der Waals surface area contributed by atoms with Crippen molar-refractivity contribution >= 4 is 5.91 Å². The van der Waals surface area contributed by atoms with E-state index in [2.05, 4.69) is 0 Å². The van der Waals surface area contributed by atoms with Crippen LogP contribution in [0.15, 0.2) is 45.6 Å². The van der Waals surface area contributed by atoms with E-state index in [1.54, 1.807) is 13.0 Å². The predicted octanol–water partition coefficient (Wildman–Crippen LogP) is 3.26. The quantitative estimate of drug-likeness (QED) is 0.836. The van der Waals surface area contributed by atoms with E-state index in [9.17, 15) is 22.8 Å². The third kappa shape index (κ3) is 4.07. The average Bonchev–Trinajstić information content (AvgIpc) is 3.01. The molecule has 1 aromatic carbocycles. The fourth-order valence-electron chi connectivity index (χ4n) is 2.86. The number of ether oxygens (including phenoxy) is 1. The molecule has 1 aromatic heterocycles. The number of likely N-dealkylation sites (tertiary alicyclic amines) is 1. The first-order valence-electron chi connectivity index (χ1n) is 7.97. The molecular formula is C18H16F3NO4. The Morgan fingerprint density at radius 2 is 2.04 bits per heavy atom. The molecule has 1 aliphatic heterocycles. The molecule has 26 heavy (non-hydrogen) atoms. The number of aryl methyl sites for hydroxylation is 1. The van der Waals surface area contributed by atoms with Crippen LogP contribution in [0.2, 0.25) is 0 Å². The average molecular weight is 367 g/mol. The molecule has 2 aromatic rings. The van der Waals surface area contributed by atoms with E-state index < -0.39 is 23.3 Å². The van der Waals surface area contributed by atoms with Crippen molar-refractivity contribution in [2.75, 3.05) is 13.1 Å².